The van der Waals surface area contributed by atoms with E-state index < -0.39 is 0 Å². The fourth-order valence-electron chi connectivity index (χ4n) is 5.71. The van der Waals surface area contributed by atoms with Gasteiger partial charge in [0.05, 0.1) is 30.8 Å². The number of likely N-dealkylation sites (tertiary alicyclic amines) is 1. The van der Waals surface area contributed by atoms with E-state index in [-0.39, 0.29) is 29.2 Å². The number of halogens is 1. The van der Waals surface area contributed by atoms with E-state index in [0.717, 1.165) is 37.9 Å². The maximum Gasteiger partial charge on any atom is 0.227 e. The Balaban J connectivity index is 1.30. The highest BCUT2D eigenvalue weighted by Crippen LogP contribution is 2.44. The molecule has 6 nitrogen and oxygen atoms in total. The van der Waals surface area contributed by atoms with Crippen molar-refractivity contribution in [2.75, 3.05) is 39.9 Å². The molecule has 0 aliphatic carbocycles. The van der Waals surface area contributed by atoms with E-state index in [4.69, 9.17) is 21.1 Å². The number of amides is 1. The van der Waals surface area contributed by atoms with Crippen molar-refractivity contribution >= 4 is 17.5 Å². The molecular formula is C27H33ClN2O4. The monoisotopic (exact) mass is 484 g/mol. The molecule has 1 spiro atoms. The first-order chi connectivity index (χ1) is 16.4. The summed E-state index contributed by atoms with van der Waals surface area (Å²) in [5, 5.41) is 10.6. The fraction of sp³-hybridized carbons (Fsp3) is 0.519. The highest BCUT2D eigenvalue weighted by atomic mass is 35.5. The Morgan fingerprint density at radius 3 is 2.82 bits per heavy atom. The van der Waals surface area contributed by atoms with Crippen LogP contribution in [0.1, 0.15) is 36.0 Å². The average molecular weight is 485 g/mol. The number of aromatic hydroxyl groups is 1. The minimum Gasteiger partial charge on any atom is -0.508 e. The van der Waals surface area contributed by atoms with E-state index >= 15 is 0 Å². The number of phenols is 1. The number of phenolic OH excluding ortho intramolecular Hbond substituents is 1. The Labute approximate surface area is 206 Å². The average Bonchev–Trinajstić information content (AvgIpc) is 3.51. The van der Waals surface area contributed by atoms with Gasteiger partial charge < -0.3 is 24.4 Å². The van der Waals surface area contributed by atoms with Crippen LogP contribution in [-0.2, 0) is 32.9 Å². The van der Waals surface area contributed by atoms with Crippen LogP contribution in [0.4, 0.5) is 0 Å². The highest BCUT2D eigenvalue weighted by Gasteiger charge is 2.43. The number of fused-ring (bicyclic) bond motifs is 2. The fourth-order valence-corrected chi connectivity index (χ4v) is 5.91. The van der Waals surface area contributed by atoms with Crippen LogP contribution in [-0.4, -0.2) is 66.8 Å². The zero-order chi connectivity index (χ0) is 23.7. The molecule has 7 heteroatoms. The first-order valence-electron chi connectivity index (χ1n) is 12.2. The first-order valence-corrected chi connectivity index (χ1v) is 12.6. The van der Waals surface area contributed by atoms with Crippen LogP contribution in [0.2, 0.25) is 5.02 Å². The smallest absolute Gasteiger partial charge is 0.227 e. The summed E-state index contributed by atoms with van der Waals surface area (Å²) in [6.45, 7) is 4.37. The molecule has 2 fully saturated rings. The van der Waals surface area contributed by atoms with Crippen LogP contribution in [0.5, 0.6) is 5.75 Å². The summed E-state index contributed by atoms with van der Waals surface area (Å²) in [5.41, 5.74) is 3.23. The summed E-state index contributed by atoms with van der Waals surface area (Å²) in [6.07, 6.45) is 3.20. The Hall–Kier alpha value is -2.12. The lowest BCUT2D eigenvalue weighted by molar-refractivity contribution is -0.137. The highest BCUT2D eigenvalue weighted by molar-refractivity contribution is 6.31. The number of hydrogen-bond acceptors (Lipinski definition) is 5. The van der Waals surface area contributed by atoms with Gasteiger partial charge in [-0.05, 0) is 60.6 Å². The normalized spacial score (nSPS) is 22.6. The van der Waals surface area contributed by atoms with Crippen molar-refractivity contribution in [3.8, 4) is 5.75 Å². The first kappa shape index (κ1) is 23.6. The summed E-state index contributed by atoms with van der Waals surface area (Å²) < 4.78 is 11.8. The summed E-state index contributed by atoms with van der Waals surface area (Å²) in [5.74, 6) is 0.0218. The molecule has 0 saturated carbocycles. The number of likely N-dealkylation sites (N-methyl/N-ethyl adjacent to an activating group) is 1. The molecule has 0 aromatic heterocycles. The third-order valence-electron chi connectivity index (χ3n) is 7.80. The van der Waals surface area contributed by atoms with Gasteiger partial charge in [0.25, 0.3) is 0 Å². The van der Waals surface area contributed by atoms with Gasteiger partial charge in [0.15, 0.2) is 0 Å². The number of carbonyl (C=O) groups excluding carboxylic acids is 1. The Kier molecular flexibility index (Phi) is 6.85. The number of rotatable bonds is 6. The lowest BCUT2D eigenvalue weighted by atomic mass is 9.83. The van der Waals surface area contributed by atoms with Crippen LogP contribution in [0.25, 0.3) is 0 Å². The van der Waals surface area contributed by atoms with Gasteiger partial charge in [-0.3, -0.25) is 4.79 Å². The van der Waals surface area contributed by atoms with E-state index in [1.54, 1.807) is 18.2 Å². The molecule has 182 valence electrons. The molecule has 0 bridgehead atoms. The second-order valence-electron chi connectivity index (χ2n) is 9.88. The molecule has 5 rings (SSSR count). The maximum atomic E-state index is 13.6. The number of carbonyl (C=O) groups is 1. The molecular weight excluding hydrogens is 452 g/mol. The molecule has 2 atom stereocenters. The Morgan fingerprint density at radius 2 is 2.06 bits per heavy atom. The van der Waals surface area contributed by atoms with Crippen LogP contribution in [0.15, 0.2) is 42.5 Å². The lowest BCUT2D eigenvalue weighted by Crippen LogP contribution is -2.48. The van der Waals surface area contributed by atoms with Crippen LogP contribution >= 0.6 is 11.6 Å². The zero-order valence-electron chi connectivity index (χ0n) is 19.7. The number of piperidine rings is 1. The van der Waals surface area contributed by atoms with Gasteiger partial charge in [-0.1, -0.05) is 35.9 Å². The van der Waals surface area contributed by atoms with Gasteiger partial charge in [0, 0.05) is 38.3 Å². The molecule has 3 heterocycles. The van der Waals surface area contributed by atoms with Gasteiger partial charge in [-0.2, -0.15) is 0 Å². The SMILES string of the molecule is CN(C(=O)C(Cc1cc(O)ccc1Cl)CN1CCC2(CC1)OCc1ccccc12)C1CCOC1. The van der Waals surface area contributed by atoms with Crippen LogP contribution < -0.4 is 0 Å². The zero-order valence-corrected chi connectivity index (χ0v) is 20.5. The molecule has 1 amide bonds. The minimum absolute atomic E-state index is 0.109. The van der Waals surface area contributed by atoms with Crippen molar-refractivity contribution in [2.45, 2.75) is 43.9 Å². The molecule has 1 N–H and O–H groups in total. The van der Waals surface area contributed by atoms with Crippen molar-refractivity contribution in [3.63, 3.8) is 0 Å². The minimum atomic E-state index is -0.254. The maximum absolute atomic E-state index is 13.6. The topological polar surface area (TPSA) is 62.2 Å². The summed E-state index contributed by atoms with van der Waals surface area (Å²) in [4.78, 5) is 17.9. The van der Waals surface area contributed by atoms with Crippen molar-refractivity contribution in [1.82, 2.24) is 9.80 Å². The van der Waals surface area contributed by atoms with E-state index in [9.17, 15) is 9.90 Å². The third kappa shape index (κ3) is 4.69. The van der Waals surface area contributed by atoms with E-state index in [2.05, 4.69) is 29.2 Å². The third-order valence-corrected chi connectivity index (χ3v) is 8.17. The standard InChI is InChI=1S/C27H33ClN2O4/c1-29(22-8-13-33-18-22)26(32)21(14-20-15-23(31)6-7-25(20)28)16-30-11-9-27(10-12-30)24-5-3-2-4-19(24)17-34-27/h2-7,15,21-22,31H,8-14,16-18H2,1H3. The second-order valence-corrected chi connectivity index (χ2v) is 10.3. The molecule has 0 radical (unpaired) electrons. The predicted molar refractivity (Wildman–Crippen MR) is 131 cm³/mol. The van der Waals surface area contributed by atoms with E-state index in [1.165, 1.54) is 11.1 Å². The Bertz CT molecular complexity index is 1030. The molecule has 3 aliphatic heterocycles. The molecule has 2 aromatic carbocycles. The van der Waals surface area contributed by atoms with Crippen molar-refractivity contribution in [1.29, 1.82) is 0 Å². The number of benzene rings is 2. The number of hydrogen-bond donors (Lipinski definition) is 1. The number of ether oxygens (including phenoxy) is 2. The molecule has 3 aliphatic rings. The number of nitrogens with zero attached hydrogens (tertiary/aromatic N) is 2. The van der Waals surface area contributed by atoms with Gasteiger partial charge in [-0.25, -0.2) is 0 Å². The van der Waals surface area contributed by atoms with E-state index in [0.29, 0.717) is 37.8 Å². The van der Waals surface area contributed by atoms with E-state index in [1.807, 2.05) is 11.9 Å². The molecule has 2 saturated heterocycles. The molecule has 34 heavy (non-hydrogen) atoms. The molecule has 2 unspecified atom stereocenters. The second kappa shape index (κ2) is 9.86. The lowest BCUT2D eigenvalue weighted by Gasteiger charge is -2.40. The van der Waals surface area contributed by atoms with Crippen molar-refractivity contribution in [3.05, 3.63) is 64.2 Å². The summed E-state index contributed by atoms with van der Waals surface area (Å²) in [6, 6.07) is 13.6. The largest absolute Gasteiger partial charge is 0.508 e. The molecule has 2 aromatic rings. The summed E-state index contributed by atoms with van der Waals surface area (Å²) >= 11 is 6.44. The van der Waals surface area contributed by atoms with Gasteiger partial charge in [0.2, 0.25) is 5.91 Å². The summed E-state index contributed by atoms with van der Waals surface area (Å²) in [7, 11) is 1.88. The van der Waals surface area contributed by atoms with Crippen molar-refractivity contribution < 1.29 is 19.4 Å². The Morgan fingerprint density at radius 1 is 1.26 bits per heavy atom. The van der Waals surface area contributed by atoms with Gasteiger partial charge in [-0.15, -0.1) is 0 Å². The van der Waals surface area contributed by atoms with Crippen LogP contribution in [0.3, 0.4) is 0 Å². The predicted octanol–water partition coefficient (Wildman–Crippen LogP) is 3.97. The van der Waals surface area contributed by atoms with Gasteiger partial charge in [0.1, 0.15) is 5.75 Å². The van der Waals surface area contributed by atoms with Crippen LogP contribution in [0, 0.1) is 5.92 Å². The van der Waals surface area contributed by atoms with Gasteiger partial charge >= 0.3 is 0 Å². The van der Waals surface area contributed by atoms with Crippen molar-refractivity contribution in [2.24, 2.45) is 5.92 Å². The quantitative estimate of drug-likeness (QED) is 0.672.